The topological polar surface area (TPSA) is 70.1 Å². The number of hydrogen-bond acceptors (Lipinski definition) is 8. The van der Waals surface area contributed by atoms with Gasteiger partial charge in [-0.25, -0.2) is 19.3 Å². The number of halogens is 1. The Labute approximate surface area is 173 Å². The molecule has 1 aromatic carbocycles. The summed E-state index contributed by atoms with van der Waals surface area (Å²) in [6.45, 7) is 7.47. The van der Waals surface area contributed by atoms with Crippen LogP contribution >= 0.6 is 11.8 Å². The third kappa shape index (κ3) is 4.63. The van der Waals surface area contributed by atoms with Gasteiger partial charge in [0.15, 0.2) is 10.8 Å². The Morgan fingerprint density at radius 2 is 1.90 bits per heavy atom. The highest BCUT2D eigenvalue weighted by atomic mass is 32.2. The van der Waals surface area contributed by atoms with Crippen molar-refractivity contribution in [3.05, 3.63) is 48.9 Å². The van der Waals surface area contributed by atoms with E-state index < -0.39 is 0 Å². The summed E-state index contributed by atoms with van der Waals surface area (Å²) in [5.74, 6) is 1.68. The van der Waals surface area contributed by atoms with Crippen molar-refractivity contribution in [3.8, 4) is 0 Å². The zero-order chi connectivity index (χ0) is 20.2. The first-order valence-corrected chi connectivity index (χ1v) is 10.4. The molecule has 0 aliphatic carbocycles. The second kappa shape index (κ2) is 8.71. The maximum atomic E-state index is 13.2. The number of fused-ring (bicyclic) bond motifs is 1. The number of rotatable bonds is 6. The Bertz CT molecular complexity index is 1000. The summed E-state index contributed by atoms with van der Waals surface area (Å²) in [5, 5.41) is 4.56. The first-order chi connectivity index (χ1) is 14.1. The molecule has 0 bridgehead atoms. The number of piperazine rings is 1. The molecule has 1 aliphatic rings. The van der Waals surface area contributed by atoms with Gasteiger partial charge in [0.05, 0.1) is 5.39 Å². The first kappa shape index (κ1) is 19.5. The van der Waals surface area contributed by atoms with E-state index in [0.717, 1.165) is 37.3 Å². The fourth-order valence-corrected chi connectivity index (χ4v) is 3.58. The Morgan fingerprint density at radius 3 is 2.62 bits per heavy atom. The van der Waals surface area contributed by atoms with Crippen molar-refractivity contribution in [3.63, 3.8) is 0 Å². The number of nitrogens with one attached hydrogen (secondary N) is 1. The Morgan fingerprint density at radius 1 is 1.14 bits per heavy atom. The number of likely N-dealkylation sites (N-methyl/N-ethyl adjacent to an activating group) is 1. The van der Waals surface area contributed by atoms with Crippen molar-refractivity contribution in [2.75, 3.05) is 49.2 Å². The highest BCUT2D eigenvalue weighted by molar-refractivity contribution is 7.99. The molecule has 1 saturated heterocycles. The molecule has 7 nitrogen and oxygen atoms in total. The van der Waals surface area contributed by atoms with Crippen LogP contribution < -0.4 is 10.2 Å². The minimum atomic E-state index is -0.287. The minimum Gasteiger partial charge on any atom is -0.339 e. The maximum absolute atomic E-state index is 13.2. The van der Waals surface area contributed by atoms with Crippen LogP contribution in [0.1, 0.15) is 0 Å². The van der Waals surface area contributed by atoms with Crippen LogP contribution in [0.5, 0.6) is 0 Å². The van der Waals surface area contributed by atoms with Crippen LogP contribution in [-0.4, -0.2) is 63.8 Å². The average molecular weight is 412 g/mol. The van der Waals surface area contributed by atoms with Crippen molar-refractivity contribution >= 4 is 40.2 Å². The van der Waals surface area contributed by atoms with Gasteiger partial charge in [0.2, 0.25) is 5.95 Å². The molecule has 0 spiro atoms. The molecule has 150 valence electrons. The number of hydrogen-bond donors (Lipinski definition) is 1. The van der Waals surface area contributed by atoms with Gasteiger partial charge >= 0.3 is 0 Å². The van der Waals surface area contributed by atoms with E-state index in [1.165, 1.54) is 23.9 Å². The van der Waals surface area contributed by atoms with E-state index in [9.17, 15) is 4.39 Å². The van der Waals surface area contributed by atoms with E-state index in [0.29, 0.717) is 28.3 Å². The molecule has 3 heterocycles. The third-order valence-electron chi connectivity index (χ3n) is 4.64. The summed E-state index contributed by atoms with van der Waals surface area (Å²) in [6, 6.07) is 6.14. The van der Waals surface area contributed by atoms with Gasteiger partial charge in [0, 0.05) is 43.8 Å². The Kier molecular flexibility index (Phi) is 5.86. The second-order valence-corrected chi connectivity index (χ2v) is 7.77. The zero-order valence-electron chi connectivity index (χ0n) is 16.2. The maximum Gasteiger partial charge on any atom is 0.227 e. The van der Waals surface area contributed by atoms with Crippen LogP contribution in [0, 0.1) is 5.82 Å². The summed E-state index contributed by atoms with van der Waals surface area (Å²) in [4.78, 5) is 23.0. The first-order valence-electron chi connectivity index (χ1n) is 9.37. The standard InChI is InChI=1S/C20H22FN7S/c1-3-12-29-20-25-17(23-15-6-4-14(21)5-7-15)16-13-22-19(24-18(16)26-20)28-10-8-27(2)9-11-28/h3-7,13H,1,8-12H2,2H3,(H,22,23,24,25,26). The van der Waals surface area contributed by atoms with Crippen LogP contribution in [-0.2, 0) is 0 Å². The molecule has 0 unspecified atom stereocenters. The molecule has 2 aromatic heterocycles. The van der Waals surface area contributed by atoms with E-state index in [1.807, 2.05) is 0 Å². The average Bonchev–Trinajstić information content (AvgIpc) is 2.74. The zero-order valence-corrected chi connectivity index (χ0v) is 17.0. The van der Waals surface area contributed by atoms with Crippen molar-refractivity contribution in [1.82, 2.24) is 24.8 Å². The summed E-state index contributed by atoms with van der Waals surface area (Å²) in [5.41, 5.74) is 1.31. The summed E-state index contributed by atoms with van der Waals surface area (Å²) in [6.07, 6.45) is 3.56. The van der Waals surface area contributed by atoms with Gasteiger partial charge in [0.25, 0.3) is 0 Å². The van der Waals surface area contributed by atoms with E-state index in [4.69, 9.17) is 4.98 Å². The predicted molar refractivity (Wildman–Crippen MR) is 115 cm³/mol. The number of aromatic nitrogens is 4. The van der Waals surface area contributed by atoms with Crippen LogP contribution in [0.2, 0.25) is 0 Å². The second-order valence-electron chi connectivity index (χ2n) is 6.78. The lowest BCUT2D eigenvalue weighted by molar-refractivity contribution is 0.311. The van der Waals surface area contributed by atoms with Crippen molar-refractivity contribution < 1.29 is 4.39 Å². The molecule has 4 rings (SSSR count). The normalized spacial score (nSPS) is 14.9. The SMILES string of the molecule is C=CCSc1nc(Nc2ccc(F)cc2)c2cnc(N3CCN(C)CC3)nc2n1. The lowest BCUT2D eigenvalue weighted by atomic mass is 10.3. The largest absolute Gasteiger partial charge is 0.339 e. The molecule has 29 heavy (non-hydrogen) atoms. The smallest absolute Gasteiger partial charge is 0.227 e. The quantitative estimate of drug-likeness (QED) is 0.376. The minimum absolute atomic E-state index is 0.287. The van der Waals surface area contributed by atoms with Crippen molar-refractivity contribution in [2.45, 2.75) is 5.16 Å². The molecule has 0 saturated carbocycles. The van der Waals surface area contributed by atoms with E-state index in [1.54, 1.807) is 24.4 Å². The van der Waals surface area contributed by atoms with Crippen molar-refractivity contribution in [1.29, 1.82) is 0 Å². The highest BCUT2D eigenvalue weighted by Gasteiger charge is 2.18. The van der Waals surface area contributed by atoms with E-state index >= 15 is 0 Å². The van der Waals surface area contributed by atoms with Gasteiger partial charge in [-0.15, -0.1) is 6.58 Å². The molecule has 1 aliphatic heterocycles. The number of nitrogens with zero attached hydrogens (tertiary/aromatic N) is 6. The van der Waals surface area contributed by atoms with Crippen LogP contribution in [0.15, 0.2) is 48.3 Å². The number of benzene rings is 1. The lowest BCUT2D eigenvalue weighted by Gasteiger charge is -2.32. The molecule has 0 atom stereocenters. The van der Waals surface area contributed by atoms with Crippen molar-refractivity contribution in [2.24, 2.45) is 0 Å². The fourth-order valence-electron chi connectivity index (χ4n) is 3.01. The lowest BCUT2D eigenvalue weighted by Crippen LogP contribution is -2.45. The molecule has 0 amide bonds. The van der Waals surface area contributed by atoms with Gasteiger partial charge in [-0.3, -0.25) is 0 Å². The number of anilines is 3. The van der Waals surface area contributed by atoms with E-state index in [-0.39, 0.29) is 5.82 Å². The van der Waals surface area contributed by atoms with Gasteiger partial charge < -0.3 is 15.1 Å². The molecular weight excluding hydrogens is 389 g/mol. The van der Waals surface area contributed by atoms with Crippen LogP contribution in [0.25, 0.3) is 11.0 Å². The summed E-state index contributed by atoms with van der Waals surface area (Å²) in [7, 11) is 2.11. The molecule has 3 aromatic rings. The molecule has 1 N–H and O–H groups in total. The van der Waals surface area contributed by atoms with Gasteiger partial charge in [-0.05, 0) is 31.3 Å². The summed E-state index contributed by atoms with van der Waals surface area (Å²) < 4.78 is 13.2. The Balaban J connectivity index is 1.70. The monoisotopic (exact) mass is 411 g/mol. The fraction of sp³-hybridized carbons (Fsp3) is 0.300. The molecular formula is C20H22FN7S. The number of thioether (sulfide) groups is 1. The molecule has 0 radical (unpaired) electrons. The van der Waals surface area contributed by atoms with Gasteiger partial charge in [-0.2, -0.15) is 4.98 Å². The van der Waals surface area contributed by atoms with Crippen LogP contribution in [0.4, 0.5) is 21.8 Å². The molecule has 1 fully saturated rings. The van der Waals surface area contributed by atoms with E-state index in [2.05, 4.69) is 43.7 Å². The van der Waals surface area contributed by atoms with Gasteiger partial charge in [-0.1, -0.05) is 17.8 Å². The highest BCUT2D eigenvalue weighted by Crippen LogP contribution is 2.27. The molecule has 9 heteroatoms. The van der Waals surface area contributed by atoms with Crippen LogP contribution in [0.3, 0.4) is 0 Å². The summed E-state index contributed by atoms with van der Waals surface area (Å²) >= 11 is 1.48. The predicted octanol–water partition coefficient (Wildman–Crippen LogP) is 3.33. The Hall–Kier alpha value is -2.78. The third-order valence-corrected chi connectivity index (χ3v) is 5.49. The van der Waals surface area contributed by atoms with Gasteiger partial charge in [0.1, 0.15) is 11.6 Å².